The van der Waals surface area contributed by atoms with Gasteiger partial charge in [0, 0.05) is 43.7 Å². The summed E-state index contributed by atoms with van der Waals surface area (Å²) in [6.45, 7) is 1.10. The van der Waals surface area contributed by atoms with Crippen LogP contribution in [0.2, 0.25) is 5.02 Å². The quantitative estimate of drug-likeness (QED) is 0.364. The Morgan fingerprint density at radius 1 is 1.36 bits per heavy atom. The highest BCUT2D eigenvalue weighted by atomic mass is 127. The zero-order chi connectivity index (χ0) is 17.5. The molecule has 25 heavy (non-hydrogen) atoms. The van der Waals surface area contributed by atoms with E-state index < -0.39 is 0 Å². The van der Waals surface area contributed by atoms with Gasteiger partial charge in [-0.15, -0.1) is 35.3 Å². The van der Waals surface area contributed by atoms with Crippen molar-refractivity contribution < 1.29 is 4.39 Å². The number of benzene rings is 1. The third-order valence-electron chi connectivity index (χ3n) is 3.31. The van der Waals surface area contributed by atoms with Crippen LogP contribution in [0.5, 0.6) is 0 Å². The normalized spacial score (nSPS) is 11.0. The zero-order valence-electron chi connectivity index (χ0n) is 14.3. The van der Waals surface area contributed by atoms with Gasteiger partial charge in [-0.2, -0.15) is 0 Å². The molecular formula is C16H22ClFIN5S. The number of hydrogen-bond acceptors (Lipinski definition) is 4. The van der Waals surface area contributed by atoms with Crippen LogP contribution in [0.15, 0.2) is 28.6 Å². The average Bonchev–Trinajstić information content (AvgIpc) is 3.02. The van der Waals surface area contributed by atoms with E-state index in [2.05, 4.69) is 20.6 Å². The first kappa shape index (κ1) is 21.9. The summed E-state index contributed by atoms with van der Waals surface area (Å²) in [6.07, 6.45) is 0.480. The number of guanidine groups is 1. The lowest BCUT2D eigenvalue weighted by atomic mass is 10.1. The van der Waals surface area contributed by atoms with E-state index in [1.54, 1.807) is 30.5 Å². The second-order valence-electron chi connectivity index (χ2n) is 5.32. The number of nitrogens with zero attached hydrogens (tertiary/aromatic N) is 3. The largest absolute Gasteiger partial charge is 0.356 e. The van der Waals surface area contributed by atoms with Crippen LogP contribution in [-0.2, 0) is 13.0 Å². The first-order chi connectivity index (χ1) is 11.5. The van der Waals surface area contributed by atoms with Crippen molar-refractivity contribution in [2.45, 2.75) is 13.0 Å². The molecule has 0 bridgehead atoms. The molecule has 2 N–H and O–H groups in total. The van der Waals surface area contributed by atoms with Crippen molar-refractivity contribution in [1.82, 2.24) is 15.6 Å². The summed E-state index contributed by atoms with van der Waals surface area (Å²) in [5.41, 5.74) is 1.46. The summed E-state index contributed by atoms with van der Waals surface area (Å²) in [5, 5.41) is 9.76. The Balaban J connectivity index is 0.00000312. The number of nitrogens with one attached hydrogen (secondary N) is 2. The minimum atomic E-state index is -0.286. The third kappa shape index (κ3) is 6.59. The number of rotatable bonds is 6. The Hall–Kier alpha value is -1.13. The predicted octanol–water partition coefficient (Wildman–Crippen LogP) is 3.53. The SMILES string of the molecule is CN=C(NCCc1c(F)cccc1Cl)NCc1csc(N(C)C)n1.I. The summed E-state index contributed by atoms with van der Waals surface area (Å²) in [4.78, 5) is 10.6. The standard InChI is InChI=1S/C16H21ClFN5S.HI/c1-19-15(21-9-11-10-24-16(22-11)23(2)3)20-8-7-12-13(17)5-4-6-14(12)18;/h4-6,10H,7-9H2,1-3H3,(H2,19,20,21);1H. The zero-order valence-corrected chi connectivity index (χ0v) is 18.2. The van der Waals surface area contributed by atoms with Crippen LogP contribution in [-0.4, -0.2) is 38.6 Å². The summed E-state index contributed by atoms with van der Waals surface area (Å²) in [6, 6.07) is 4.71. The molecule has 9 heteroatoms. The molecule has 0 saturated heterocycles. The van der Waals surface area contributed by atoms with Gasteiger partial charge in [-0.05, 0) is 18.6 Å². The maximum Gasteiger partial charge on any atom is 0.191 e. The smallest absolute Gasteiger partial charge is 0.191 e. The van der Waals surface area contributed by atoms with E-state index in [1.165, 1.54) is 6.07 Å². The van der Waals surface area contributed by atoms with E-state index in [1.807, 2.05) is 24.4 Å². The second-order valence-corrected chi connectivity index (χ2v) is 6.56. The van der Waals surface area contributed by atoms with E-state index in [9.17, 15) is 4.39 Å². The van der Waals surface area contributed by atoms with Crippen molar-refractivity contribution >= 4 is 58.0 Å². The van der Waals surface area contributed by atoms with Crippen LogP contribution in [0.1, 0.15) is 11.3 Å². The highest BCUT2D eigenvalue weighted by Crippen LogP contribution is 2.19. The number of thiazole rings is 1. The van der Waals surface area contributed by atoms with Gasteiger partial charge in [0.2, 0.25) is 0 Å². The van der Waals surface area contributed by atoms with Gasteiger partial charge in [-0.1, -0.05) is 17.7 Å². The maximum absolute atomic E-state index is 13.7. The van der Waals surface area contributed by atoms with Gasteiger partial charge in [-0.3, -0.25) is 4.99 Å². The van der Waals surface area contributed by atoms with Crippen molar-refractivity contribution in [2.24, 2.45) is 4.99 Å². The summed E-state index contributed by atoms with van der Waals surface area (Å²) >= 11 is 7.62. The lowest BCUT2D eigenvalue weighted by Gasteiger charge is -2.12. The lowest BCUT2D eigenvalue weighted by Crippen LogP contribution is -2.38. The molecule has 5 nitrogen and oxygen atoms in total. The van der Waals surface area contributed by atoms with E-state index in [-0.39, 0.29) is 29.8 Å². The molecule has 0 atom stereocenters. The van der Waals surface area contributed by atoms with Crippen molar-refractivity contribution in [3.8, 4) is 0 Å². The van der Waals surface area contributed by atoms with Gasteiger partial charge in [0.15, 0.2) is 11.1 Å². The molecule has 138 valence electrons. The Labute approximate surface area is 173 Å². The van der Waals surface area contributed by atoms with E-state index in [4.69, 9.17) is 11.6 Å². The predicted molar refractivity (Wildman–Crippen MR) is 115 cm³/mol. The highest BCUT2D eigenvalue weighted by molar-refractivity contribution is 14.0. The van der Waals surface area contributed by atoms with Crippen LogP contribution < -0.4 is 15.5 Å². The molecule has 0 radical (unpaired) electrons. The van der Waals surface area contributed by atoms with Crippen LogP contribution in [0.4, 0.5) is 9.52 Å². The fraction of sp³-hybridized carbons (Fsp3) is 0.375. The lowest BCUT2D eigenvalue weighted by molar-refractivity contribution is 0.607. The highest BCUT2D eigenvalue weighted by Gasteiger charge is 2.08. The molecule has 0 unspecified atom stereocenters. The van der Waals surface area contributed by atoms with Crippen molar-refractivity contribution in [3.63, 3.8) is 0 Å². The third-order valence-corrected chi connectivity index (χ3v) is 4.72. The first-order valence-electron chi connectivity index (χ1n) is 7.50. The Morgan fingerprint density at radius 3 is 2.72 bits per heavy atom. The van der Waals surface area contributed by atoms with Crippen LogP contribution in [0.25, 0.3) is 0 Å². The molecular weight excluding hydrogens is 476 g/mol. The van der Waals surface area contributed by atoms with Crippen LogP contribution >= 0.6 is 46.9 Å². The van der Waals surface area contributed by atoms with E-state index >= 15 is 0 Å². The van der Waals surface area contributed by atoms with E-state index in [0.29, 0.717) is 36.1 Å². The Morgan fingerprint density at radius 2 is 2.12 bits per heavy atom. The van der Waals surface area contributed by atoms with Crippen molar-refractivity contribution in [3.05, 3.63) is 45.7 Å². The molecule has 0 fully saturated rings. The minimum Gasteiger partial charge on any atom is -0.356 e. The molecule has 0 spiro atoms. The minimum absolute atomic E-state index is 0. The number of anilines is 1. The maximum atomic E-state index is 13.7. The number of aromatic nitrogens is 1. The van der Waals surface area contributed by atoms with Gasteiger partial charge >= 0.3 is 0 Å². The number of halogens is 3. The monoisotopic (exact) mass is 497 g/mol. The molecule has 2 aromatic rings. The molecule has 0 aliphatic rings. The summed E-state index contributed by atoms with van der Waals surface area (Å²) < 4.78 is 13.7. The van der Waals surface area contributed by atoms with Crippen LogP contribution in [0.3, 0.4) is 0 Å². The molecule has 0 aliphatic heterocycles. The fourth-order valence-corrected chi connectivity index (χ4v) is 3.07. The average molecular weight is 498 g/mol. The van der Waals surface area contributed by atoms with Crippen molar-refractivity contribution in [1.29, 1.82) is 0 Å². The fourth-order valence-electron chi connectivity index (χ4n) is 2.05. The van der Waals surface area contributed by atoms with Gasteiger partial charge in [0.25, 0.3) is 0 Å². The molecule has 0 aliphatic carbocycles. The molecule has 2 rings (SSSR count). The summed E-state index contributed by atoms with van der Waals surface area (Å²) in [7, 11) is 5.62. The van der Waals surface area contributed by atoms with Gasteiger partial charge < -0.3 is 15.5 Å². The van der Waals surface area contributed by atoms with Gasteiger partial charge in [-0.25, -0.2) is 9.37 Å². The van der Waals surface area contributed by atoms with Gasteiger partial charge in [0.05, 0.1) is 12.2 Å². The Kier molecular flexibility index (Phi) is 9.44. The van der Waals surface area contributed by atoms with Crippen molar-refractivity contribution in [2.75, 3.05) is 32.6 Å². The molecule has 1 heterocycles. The Bertz CT molecular complexity index is 687. The van der Waals surface area contributed by atoms with Gasteiger partial charge in [0.1, 0.15) is 5.82 Å². The van der Waals surface area contributed by atoms with Crippen LogP contribution in [0, 0.1) is 5.82 Å². The number of hydrogen-bond donors (Lipinski definition) is 2. The van der Waals surface area contributed by atoms with E-state index in [0.717, 1.165) is 10.8 Å². The summed E-state index contributed by atoms with van der Waals surface area (Å²) in [5.74, 6) is 0.354. The molecule has 1 aromatic carbocycles. The molecule has 0 amide bonds. The topological polar surface area (TPSA) is 52.6 Å². The first-order valence-corrected chi connectivity index (χ1v) is 8.76. The molecule has 0 saturated carbocycles. The molecule has 1 aromatic heterocycles. The number of aliphatic imine (C=N–C) groups is 1. The second kappa shape index (κ2) is 10.8.